The molecule has 1 aliphatic rings. The highest BCUT2D eigenvalue weighted by atomic mass is 35.5. The van der Waals surface area contributed by atoms with Gasteiger partial charge in [0, 0.05) is 48.3 Å². The first-order valence-electron chi connectivity index (χ1n) is 8.37. The number of carbonyl (C=O) groups excluding carboxylic acids is 2. The zero-order valence-corrected chi connectivity index (χ0v) is 15.5. The molecule has 0 saturated carbocycles. The van der Waals surface area contributed by atoms with Gasteiger partial charge in [-0.3, -0.25) is 14.5 Å². The average Bonchev–Trinajstić information content (AvgIpc) is 2.89. The van der Waals surface area contributed by atoms with Gasteiger partial charge in [-0.1, -0.05) is 11.6 Å². The number of aryl methyl sites for hydroxylation is 1. The van der Waals surface area contributed by atoms with Gasteiger partial charge in [-0.2, -0.15) is 0 Å². The Morgan fingerprint density at radius 1 is 1.36 bits per heavy atom. The smallest absolute Gasteiger partial charge is 0.238 e. The number of halogens is 1. The Bertz CT molecular complexity index is 817. The molecule has 6 nitrogen and oxygen atoms in total. The van der Waals surface area contributed by atoms with Crippen LogP contribution in [0.4, 0.5) is 0 Å². The number of amides is 2. The minimum atomic E-state index is -0.304. The number of benzene rings is 1. The molecule has 1 fully saturated rings. The molecule has 0 spiro atoms. The van der Waals surface area contributed by atoms with Crippen LogP contribution >= 0.6 is 11.6 Å². The van der Waals surface area contributed by atoms with E-state index in [-0.39, 0.29) is 17.9 Å². The second-order valence-electron chi connectivity index (χ2n) is 6.55. The van der Waals surface area contributed by atoms with E-state index in [1.54, 1.807) is 11.9 Å². The van der Waals surface area contributed by atoms with Gasteiger partial charge in [0.15, 0.2) is 0 Å². The van der Waals surface area contributed by atoms with Crippen LogP contribution in [0, 0.1) is 6.92 Å². The number of H-pyrrole nitrogens is 1. The topological polar surface area (TPSA) is 68.4 Å². The fraction of sp³-hybridized carbons (Fsp3) is 0.444. The zero-order chi connectivity index (χ0) is 18.1. The molecular weight excluding hydrogens is 340 g/mol. The predicted octanol–water partition coefficient (Wildman–Crippen LogP) is 1.56. The number of aromatic nitrogens is 1. The Morgan fingerprint density at radius 2 is 2.12 bits per heavy atom. The largest absolute Gasteiger partial charge is 0.358 e. The lowest BCUT2D eigenvalue weighted by Crippen LogP contribution is -2.58. The quantitative estimate of drug-likeness (QED) is 0.870. The second-order valence-corrected chi connectivity index (χ2v) is 6.98. The number of nitrogens with one attached hydrogen (secondary N) is 2. The Hall–Kier alpha value is -2.05. The van der Waals surface area contributed by atoms with Crippen molar-refractivity contribution >= 4 is 34.3 Å². The van der Waals surface area contributed by atoms with Crippen molar-refractivity contribution in [2.24, 2.45) is 0 Å². The number of carbonyl (C=O) groups is 2. The van der Waals surface area contributed by atoms with Crippen molar-refractivity contribution in [2.75, 3.05) is 33.7 Å². The van der Waals surface area contributed by atoms with E-state index in [1.807, 2.05) is 37.1 Å². The highest BCUT2D eigenvalue weighted by Crippen LogP contribution is 2.26. The minimum Gasteiger partial charge on any atom is -0.358 e. The molecule has 2 amide bonds. The molecule has 1 saturated heterocycles. The van der Waals surface area contributed by atoms with Crippen molar-refractivity contribution in [3.63, 3.8) is 0 Å². The summed E-state index contributed by atoms with van der Waals surface area (Å²) < 4.78 is 0. The minimum absolute atomic E-state index is 0.0333. The molecule has 1 aromatic carbocycles. The van der Waals surface area contributed by atoms with Crippen molar-refractivity contribution < 1.29 is 9.59 Å². The fourth-order valence-electron chi connectivity index (χ4n) is 3.40. The van der Waals surface area contributed by atoms with Crippen LogP contribution in [0.3, 0.4) is 0 Å². The third-order valence-electron chi connectivity index (χ3n) is 4.96. The van der Waals surface area contributed by atoms with Crippen molar-refractivity contribution in [3.8, 4) is 0 Å². The van der Waals surface area contributed by atoms with E-state index in [2.05, 4.69) is 10.3 Å². The molecule has 1 aliphatic heterocycles. The third kappa shape index (κ3) is 3.50. The van der Waals surface area contributed by atoms with E-state index in [9.17, 15) is 9.59 Å². The van der Waals surface area contributed by atoms with Crippen LogP contribution in [0.15, 0.2) is 18.2 Å². The van der Waals surface area contributed by atoms with Gasteiger partial charge in [0.1, 0.15) is 6.04 Å². The van der Waals surface area contributed by atoms with Gasteiger partial charge in [-0.15, -0.1) is 0 Å². The number of likely N-dealkylation sites (N-methyl/N-ethyl adjacent to an activating group) is 2. The predicted molar refractivity (Wildman–Crippen MR) is 98.8 cm³/mol. The number of hydrogen-bond acceptors (Lipinski definition) is 3. The Labute approximate surface area is 152 Å². The molecule has 134 valence electrons. The van der Waals surface area contributed by atoms with Gasteiger partial charge in [0.2, 0.25) is 11.8 Å². The summed E-state index contributed by atoms with van der Waals surface area (Å²) in [4.78, 5) is 31.9. The number of nitrogens with zero attached hydrogens (tertiary/aromatic N) is 2. The van der Waals surface area contributed by atoms with Crippen molar-refractivity contribution in [1.82, 2.24) is 20.1 Å². The molecule has 1 aromatic heterocycles. The standard InChI is InChI=1S/C18H23ClN4O2/c1-11-13(14-8-12(19)4-5-15(14)21-11)9-17(24)23-7-6-22(3)16(10-23)18(25)20-2/h4-5,8,16,21H,6-7,9-10H2,1-3H3,(H,20,25)/t16-/m1/s1. The number of rotatable bonds is 3. The van der Waals surface area contributed by atoms with Crippen LogP contribution in [0.2, 0.25) is 5.02 Å². The van der Waals surface area contributed by atoms with E-state index < -0.39 is 0 Å². The summed E-state index contributed by atoms with van der Waals surface area (Å²) in [6.07, 6.45) is 0.302. The number of hydrogen-bond donors (Lipinski definition) is 2. The van der Waals surface area contributed by atoms with Crippen LogP contribution < -0.4 is 5.32 Å². The van der Waals surface area contributed by atoms with Gasteiger partial charge < -0.3 is 15.2 Å². The van der Waals surface area contributed by atoms with Gasteiger partial charge in [0.25, 0.3) is 0 Å². The van der Waals surface area contributed by atoms with Gasteiger partial charge in [-0.05, 0) is 37.7 Å². The maximum atomic E-state index is 12.8. The van der Waals surface area contributed by atoms with Crippen LogP contribution in [-0.2, 0) is 16.0 Å². The van der Waals surface area contributed by atoms with Crippen LogP contribution in [0.25, 0.3) is 10.9 Å². The molecule has 2 N–H and O–H groups in total. The van der Waals surface area contributed by atoms with Crippen molar-refractivity contribution in [3.05, 3.63) is 34.5 Å². The number of aromatic amines is 1. The molecule has 0 radical (unpaired) electrons. The average molecular weight is 363 g/mol. The molecule has 0 unspecified atom stereocenters. The molecule has 3 rings (SSSR count). The fourth-order valence-corrected chi connectivity index (χ4v) is 3.57. The Balaban J connectivity index is 1.79. The first kappa shape index (κ1) is 17.8. The van der Waals surface area contributed by atoms with Gasteiger partial charge >= 0.3 is 0 Å². The summed E-state index contributed by atoms with van der Waals surface area (Å²) in [6.45, 7) is 3.69. The lowest BCUT2D eigenvalue weighted by atomic mass is 10.1. The van der Waals surface area contributed by atoms with Crippen LogP contribution in [0.1, 0.15) is 11.3 Å². The summed E-state index contributed by atoms with van der Waals surface area (Å²) in [5.41, 5.74) is 2.92. The Kier molecular flexibility index (Phi) is 5.01. The highest BCUT2D eigenvalue weighted by molar-refractivity contribution is 6.31. The molecule has 7 heteroatoms. The lowest BCUT2D eigenvalue weighted by molar-refractivity contribution is -0.136. The van der Waals surface area contributed by atoms with Crippen LogP contribution in [-0.4, -0.2) is 66.4 Å². The monoisotopic (exact) mass is 362 g/mol. The van der Waals surface area contributed by atoms with E-state index in [0.29, 0.717) is 31.1 Å². The third-order valence-corrected chi connectivity index (χ3v) is 5.19. The van der Waals surface area contributed by atoms with Gasteiger partial charge in [-0.25, -0.2) is 0 Å². The Morgan fingerprint density at radius 3 is 2.84 bits per heavy atom. The molecule has 25 heavy (non-hydrogen) atoms. The SMILES string of the molecule is CNC(=O)[C@H]1CN(C(=O)Cc2c(C)[nH]c3ccc(Cl)cc23)CCN1C. The molecule has 0 aliphatic carbocycles. The van der Waals surface area contributed by atoms with Gasteiger partial charge in [0.05, 0.1) is 6.42 Å². The summed E-state index contributed by atoms with van der Waals surface area (Å²) >= 11 is 6.11. The normalized spacial score (nSPS) is 18.6. The van der Waals surface area contributed by atoms with Crippen molar-refractivity contribution in [2.45, 2.75) is 19.4 Å². The molecule has 0 bridgehead atoms. The lowest BCUT2D eigenvalue weighted by Gasteiger charge is -2.38. The van der Waals surface area contributed by atoms with E-state index in [0.717, 1.165) is 22.2 Å². The maximum absolute atomic E-state index is 12.8. The first-order valence-corrected chi connectivity index (χ1v) is 8.74. The molecule has 2 aromatic rings. The number of fused-ring (bicyclic) bond motifs is 1. The summed E-state index contributed by atoms with van der Waals surface area (Å²) in [5, 5.41) is 4.31. The summed E-state index contributed by atoms with van der Waals surface area (Å²) in [5.74, 6) is -0.0268. The second kappa shape index (κ2) is 7.06. The molecule has 1 atom stereocenters. The zero-order valence-electron chi connectivity index (χ0n) is 14.7. The first-order chi connectivity index (χ1) is 11.9. The van der Waals surface area contributed by atoms with E-state index >= 15 is 0 Å². The van der Waals surface area contributed by atoms with E-state index in [1.165, 1.54) is 0 Å². The maximum Gasteiger partial charge on any atom is 0.238 e. The van der Waals surface area contributed by atoms with Crippen LogP contribution in [0.5, 0.6) is 0 Å². The molecular formula is C18H23ClN4O2. The van der Waals surface area contributed by atoms with Crippen molar-refractivity contribution in [1.29, 1.82) is 0 Å². The summed E-state index contributed by atoms with van der Waals surface area (Å²) in [6, 6.07) is 5.34. The highest BCUT2D eigenvalue weighted by Gasteiger charge is 2.31. The summed E-state index contributed by atoms with van der Waals surface area (Å²) in [7, 11) is 3.53. The number of piperazine rings is 1. The molecule has 2 heterocycles. The van der Waals surface area contributed by atoms with E-state index in [4.69, 9.17) is 11.6 Å².